The number of aromatic nitrogens is 1. The van der Waals surface area contributed by atoms with Gasteiger partial charge in [0.05, 0.1) is 28.8 Å². The van der Waals surface area contributed by atoms with Crippen molar-refractivity contribution in [3.05, 3.63) is 59.1 Å². The Hall–Kier alpha value is -2.40. The molecule has 23 heavy (non-hydrogen) atoms. The van der Waals surface area contributed by atoms with E-state index < -0.39 is 0 Å². The fraction of sp³-hybridized carbons (Fsp3) is 0.222. The first-order valence-corrected chi connectivity index (χ1v) is 8.20. The highest BCUT2D eigenvalue weighted by Gasteiger charge is 2.09. The smallest absolute Gasteiger partial charge is 0.306 e. The molecular formula is C18H17NO3S. The number of ether oxygens (including phenoxy) is 2. The van der Waals surface area contributed by atoms with E-state index in [9.17, 15) is 4.79 Å². The van der Waals surface area contributed by atoms with Gasteiger partial charge in [0, 0.05) is 12.0 Å². The molecule has 0 saturated heterocycles. The highest BCUT2D eigenvalue weighted by Crippen LogP contribution is 2.23. The number of hydrogen-bond acceptors (Lipinski definition) is 5. The van der Waals surface area contributed by atoms with Crippen molar-refractivity contribution in [1.29, 1.82) is 0 Å². The molecule has 118 valence electrons. The zero-order valence-electron chi connectivity index (χ0n) is 12.8. The highest BCUT2D eigenvalue weighted by atomic mass is 32.1. The number of nitrogens with zero attached hydrogens (tertiary/aromatic N) is 1. The van der Waals surface area contributed by atoms with Crippen molar-refractivity contribution in [3.8, 4) is 5.75 Å². The summed E-state index contributed by atoms with van der Waals surface area (Å²) in [5, 5.41) is 0.959. The second kappa shape index (κ2) is 7.24. The predicted molar refractivity (Wildman–Crippen MR) is 90.7 cm³/mol. The lowest BCUT2D eigenvalue weighted by Crippen LogP contribution is -2.06. The van der Waals surface area contributed by atoms with Crippen LogP contribution in [0.4, 0.5) is 0 Å². The van der Waals surface area contributed by atoms with E-state index in [1.165, 1.54) is 0 Å². The van der Waals surface area contributed by atoms with Crippen molar-refractivity contribution < 1.29 is 14.3 Å². The second-order valence-corrected chi connectivity index (χ2v) is 6.16. The fourth-order valence-electron chi connectivity index (χ4n) is 2.29. The minimum Gasteiger partial charge on any atom is -0.496 e. The summed E-state index contributed by atoms with van der Waals surface area (Å²) < 4.78 is 11.7. The summed E-state index contributed by atoms with van der Waals surface area (Å²) >= 11 is 1.62. The Morgan fingerprint density at radius 1 is 1.13 bits per heavy atom. The van der Waals surface area contributed by atoms with Gasteiger partial charge in [-0.05, 0) is 18.2 Å². The highest BCUT2D eigenvalue weighted by molar-refractivity contribution is 7.18. The Morgan fingerprint density at radius 2 is 1.91 bits per heavy atom. The monoisotopic (exact) mass is 327 g/mol. The van der Waals surface area contributed by atoms with Gasteiger partial charge in [0.1, 0.15) is 12.4 Å². The largest absolute Gasteiger partial charge is 0.496 e. The van der Waals surface area contributed by atoms with E-state index >= 15 is 0 Å². The van der Waals surface area contributed by atoms with Gasteiger partial charge in [-0.2, -0.15) is 0 Å². The number of para-hydroxylation sites is 2. The number of methoxy groups -OCH3 is 1. The van der Waals surface area contributed by atoms with Gasteiger partial charge in [0.25, 0.3) is 0 Å². The normalized spacial score (nSPS) is 10.7. The maximum Gasteiger partial charge on any atom is 0.306 e. The molecule has 2 aromatic carbocycles. The van der Waals surface area contributed by atoms with Crippen molar-refractivity contribution in [3.63, 3.8) is 0 Å². The van der Waals surface area contributed by atoms with Crippen LogP contribution in [-0.2, 0) is 22.6 Å². The predicted octanol–water partition coefficient (Wildman–Crippen LogP) is 3.98. The summed E-state index contributed by atoms with van der Waals surface area (Å²) in [5.74, 6) is 0.502. The van der Waals surface area contributed by atoms with Crippen molar-refractivity contribution in [1.82, 2.24) is 4.98 Å². The van der Waals surface area contributed by atoms with E-state index in [0.29, 0.717) is 12.8 Å². The Balaban J connectivity index is 1.53. The van der Waals surface area contributed by atoms with Crippen LogP contribution in [-0.4, -0.2) is 18.1 Å². The van der Waals surface area contributed by atoms with Gasteiger partial charge >= 0.3 is 5.97 Å². The van der Waals surface area contributed by atoms with Crippen molar-refractivity contribution >= 4 is 27.5 Å². The zero-order valence-corrected chi connectivity index (χ0v) is 13.6. The van der Waals surface area contributed by atoms with Gasteiger partial charge in [0.2, 0.25) is 0 Å². The van der Waals surface area contributed by atoms with Crippen molar-refractivity contribution in [2.45, 2.75) is 19.4 Å². The van der Waals surface area contributed by atoms with Gasteiger partial charge in [0.15, 0.2) is 0 Å². The number of hydrogen-bond donors (Lipinski definition) is 0. The van der Waals surface area contributed by atoms with Gasteiger partial charge in [-0.3, -0.25) is 4.79 Å². The fourth-order valence-corrected chi connectivity index (χ4v) is 3.26. The van der Waals surface area contributed by atoms with Gasteiger partial charge in [-0.1, -0.05) is 30.3 Å². The SMILES string of the molecule is COc1ccccc1COC(=O)CCc1nc2ccccc2s1. The van der Waals surface area contributed by atoms with E-state index in [1.807, 2.05) is 48.5 Å². The lowest BCUT2D eigenvalue weighted by Gasteiger charge is -2.08. The molecule has 1 heterocycles. The van der Waals surface area contributed by atoms with Crippen LogP contribution >= 0.6 is 11.3 Å². The van der Waals surface area contributed by atoms with Crippen LogP contribution in [0.1, 0.15) is 17.0 Å². The van der Waals surface area contributed by atoms with E-state index in [2.05, 4.69) is 4.98 Å². The summed E-state index contributed by atoms with van der Waals surface area (Å²) in [6.45, 7) is 0.225. The maximum atomic E-state index is 11.9. The molecule has 0 N–H and O–H groups in total. The van der Waals surface area contributed by atoms with E-state index in [-0.39, 0.29) is 12.6 Å². The molecule has 4 nitrogen and oxygen atoms in total. The third-order valence-electron chi connectivity index (χ3n) is 3.46. The molecule has 1 aromatic heterocycles. The Kier molecular flexibility index (Phi) is 4.88. The number of fused-ring (bicyclic) bond motifs is 1. The Morgan fingerprint density at radius 3 is 2.74 bits per heavy atom. The quantitative estimate of drug-likeness (QED) is 0.643. The molecule has 5 heteroatoms. The third kappa shape index (κ3) is 3.87. The molecule has 3 rings (SSSR count). The standard InChI is InChI=1S/C18H17NO3S/c1-21-15-8-4-2-6-13(15)12-22-18(20)11-10-17-19-14-7-3-5-9-16(14)23-17/h2-9H,10-12H2,1H3. The molecule has 0 aliphatic carbocycles. The summed E-state index contributed by atoms with van der Waals surface area (Å²) in [5.41, 5.74) is 1.85. The number of esters is 1. The van der Waals surface area contributed by atoms with E-state index in [1.54, 1.807) is 18.4 Å². The molecule has 3 aromatic rings. The minimum absolute atomic E-state index is 0.225. The van der Waals surface area contributed by atoms with Gasteiger partial charge in [-0.25, -0.2) is 4.98 Å². The molecule has 0 fully saturated rings. The molecule has 0 amide bonds. The number of benzene rings is 2. The van der Waals surface area contributed by atoms with E-state index in [0.717, 1.165) is 26.5 Å². The summed E-state index contributed by atoms with van der Waals surface area (Å²) in [6.07, 6.45) is 0.930. The van der Waals surface area contributed by atoms with Crippen LogP contribution in [0.5, 0.6) is 5.75 Å². The molecule has 0 atom stereocenters. The first kappa shape index (κ1) is 15.5. The van der Waals surface area contributed by atoms with Crippen molar-refractivity contribution in [2.24, 2.45) is 0 Å². The molecule has 0 aliphatic rings. The first-order chi connectivity index (χ1) is 11.3. The average molecular weight is 327 g/mol. The summed E-state index contributed by atoms with van der Waals surface area (Å²) in [7, 11) is 1.60. The lowest BCUT2D eigenvalue weighted by atomic mass is 10.2. The average Bonchev–Trinajstić information content (AvgIpc) is 3.01. The van der Waals surface area contributed by atoms with Crippen LogP contribution in [0.25, 0.3) is 10.2 Å². The molecule has 0 radical (unpaired) electrons. The number of carbonyl (C=O) groups is 1. The number of rotatable bonds is 6. The lowest BCUT2D eigenvalue weighted by molar-refractivity contribution is -0.144. The van der Waals surface area contributed by atoms with Crippen molar-refractivity contribution in [2.75, 3.05) is 7.11 Å². The van der Waals surface area contributed by atoms with Gasteiger partial charge < -0.3 is 9.47 Å². The molecule has 0 unspecified atom stereocenters. The van der Waals surface area contributed by atoms with Crippen LogP contribution in [0, 0.1) is 0 Å². The molecule has 0 spiro atoms. The topological polar surface area (TPSA) is 48.4 Å². The minimum atomic E-state index is -0.227. The zero-order chi connectivity index (χ0) is 16.1. The Bertz CT molecular complexity index is 780. The summed E-state index contributed by atoms with van der Waals surface area (Å²) in [6, 6.07) is 15.5. The van der Waals surface area contributed by atoms with Gasteiger partial charge in [-0.15, -0.1) is 11.3 Å². The molecule has 0 bridgehead atoms. The summed E-state index contributed by atoms with van der Waals surface area (Å²) in [4.78, 5) is 16.4. The number of aryl methyl sites for hydroxylation is 1. The van der Waals surface area contributed by atoms with Crippen LogP contribution in [0.3, 0.4) is 0 Å². The van der Waals surface area contributed by atoms with Crippen LogP contribution in [0.15, 0.2) is 48.5 Å². The number of carbonyl (C=O) groups excluding carboxylic acids is 1. The second-order valence-electron chi connectivity index (χ2n) is 5.05. The number of thiazole rings is 1. The molecular weight excluding hydrogens is 310 g/mol. The van der Waals surface area contributed by atoms with E-state index in [4.69, 9.17) is 9.47 Å². The Labute approximate surface area is 138 Å². The maximum absolute atomic E-state index is 11.9. The van der Waals surface area contributed by atoms with Crippen LogP contribution < -0.4 is 4.74 Å². The van der Waals surface area contributed by atoms with Crippen LogP contribution in [0.2, 0.25) is 0 Å². The molecule has 0 aliphatic heterocycles. The third-order valence-corrected chi connectivity index (χ3v) is 4.56. The first-order valence-electron chi connectivity index (χ1n) is 7.38. The molecule has 0 saturated carbocycles.